The van der Waals surface area contributed by atoms with Gasteiger partial charge in [0.05, 0.1) is 6.42 Å². The number of benzene rings is 1. The van der Waals surface area contributed by atoms with Crippen LogP contribution in [0.4, 0.5) is 4.39 Å². The first-order valence-corrected chi connectivity index (χ1v) is 5.68. The van der Waals surface area contributed by atoms with Crippen LogP contribution < -0.4 is 0 Å². The van der Waals surface area contributed by atoms with E-state index in [1.165, 1.54) is 19.2 Å². The third kappa shape index (κ3) is 2.90. The van der Waals surface area contributed by atoms with Gasteiger partial charge >= 0.3 is 5.97 Å². The van der Waals surface area contributed by atoms with Gasteiger partial charge in [-0.05, 0) is 23.8 Å². The Kier molecular flexibility index (Phi) is 3.50. The molecule has 2 N–H and O–H groups in total. The number of likely N-dealkylation sites (N-methyl/N-ethyl adjacent to an activating group) is 1. The van der Waals surface area contributed by atoms with Crippen LogP contribution in [-0.2, 0) is 16.0 Å². The number of aromatic nitrogens is 1. The van der Waals surface area contributed by atoms with Crippen molar-refractivity contribution in [3.05, 3.63) is 35.8 Å². The lowest BCUT2D eigenvalue weighted by Gasteiger charge is -2.13. The van der Waals surface area contributed by atoms with E-state index in [0.29, 0.717) is 10.9 Å². The fourth-order valence-electron chi connectivity index (χ4n) is 1.89. The lowest BCUT2D eigenvalue weighted by atomic mass is 10.1. The van der Waals surface area contributed by atoms with Crippen LogP contribution >= 0.6 is 0 Å². The number of carboxylic acids is 1. The maximum Gasteiger partial charge on any atom is 0.323 e. The lowest BCUT2D eigenvalue weighted by molar-refractivity contribution is -0.143. The summed E-state index contributed by atoms with van der Waals surface area (Å²) in [5.74, 6) is -1.77. The molecule has 0 aliphatic carbocycles. The quantitative estimate of drug-likeness (QED) is 0.876. The van der Waals surface area contributed by atoms with E-state index in [9.17, 15) is 14.0 Å². The van der Waals surface area contributed by atoms with Gasteiger partial charge in [-0.15, -0.1) is 0 Å². The van der Waals surface area contributed by atoms with Crippen LogP contribution in [0.2, 0.25) is 0 Å². The molecule has 5 nitrogen and oxygen atoms in total. The van der Waals surface area contributed by atoms with Gasteiger partial charge < -0.3 is 15.0 Å². The molecule has 0 aliphatic rings. The number of carbonyl (C=O) groups is 2. The summed E-state index contributed by atoms with van der Waals surface area (Å²) in [4.78, 5) is 26.4. The van der Waals surface area contributed by atoms with Crippen molar-refractivity contribution in [1.82, 2.24) is 9.88 Å². The molecular formula is C13H13FN2O3. The molecule has 0 atom stereocenters. The second-order valence-electron chi connectivity index (χ2n) is 4.32. The number of carboxylic acid groups (broad SMARTS) is 1. The number of nitrogens with zero attached hydrogens (tertiary/aromatic N) is 1. The second kappa shape index (κ2) is 5.09. The zero-order chi connectivity index (χ0) is 14.0. The molecule has 0 spiro atoms. The molecule has 0 saturated heterocycles. The van der Waals surface area contributed by atoms with Crippen molar-refractivity contribution in [2.75, 3.05) is 13.6 Å². The first kappa shape index (κ1) is 13.1. The highest BCUT2D eigenvalue weighted by atomic mass is 19.1. The molecule has 2 aromatic rings. The number of fused-ring (bicyclic) bond motifs is 1. The molecule has 19 heavy (non-hydrogen) atoms. The monoisotopic (exact) mass is 264 g/mol. The number of amides is 1. The molecule has 1 aromatic heterocycles. The summed E-state index contributed by atoms with van der Waals surface area (Å²) in [6.45, 7) is -0.352. The second-order valence-corrected chi connectivity index (χ2v) is 4.32. The number of rotatable bonds is 4. The van der Waals surface area contributed by atoms with E-state index in [2.05, 4.69) is 4.98 Å². The number of nitrogens with one attached hydrogen (secondary N) is 1. The molecule has 100 valence electrons. The summed E-state index contributed by atoms with van der Waals surface area (Å²) in [6, 6.07) is 4.28. The summed E-state index contributed by atoms with van der Waals surface area (Å²) in [5.41, 5.74) is 1.39. The van der Waals surface area contributed by atoms with Crippen LogP contribution in [0.3, 0.4) is 0 Å². The van der Waals surface area contributed by atoms with Gasteiger partial charge in [0.1, 0.15) is 12.4 Å². The van der Waals surface area contributed by atoms with Gasteiger partial charge in [-0.25, -0.2) is 4.39 Å². The van der Waals surface area contributed by atoms with Gasteiger partial charge in [0, 0.05) is 24.1 Å². The largest absolute Gasteiger partial charge is 0.480 e. The minimum absolute atomic E-state index is 0.0350. The van der Waals surface area contributed by atoms with Crippen molar-refractivity contribution in [1.29, 1.82) is 0 Å². The molecule has 0 unspecified atom stereocenters. The number of aliphatic carboxylic acids is 1. The van der Waals surface area contributed by atoms with Crippen molar-refractivity contribution < 1.29 is 19.1 Å². The van der Waals surface area contributed by atoms with Crippen molar-refractivity contribution >= 4 is 22.8 Å². The number of hydrogen-bond donors (Lipinski definition) is 2. The van der Waals surface area contributed by atoms with Crippen molar-refractivity contribution in [3.8, 4) is 0 Å². The minimum atomic E-state index is -1.07. The van der Waals surface area contributed by atoms with Gasteiger partial charge in [0.15, 0.2) is 0 Å². The van der Waals surface area contributed by atoms with Gasteiger partial charge in [0.25, 0.3) is 0 Å². The van der Waals surface area contributed by atoms with Gasteiger partial charge in [0.2, 0.25) is 5.91 Å². The Hall–Kier alpha value is -2.37. The predicted molar refractivity (Wildman–Crippen MR) is 67.2 cm³/mol. The number of H-pyrrole nitrogens is 1. The van der Waals surface area contributed by atoms with E-state index in [-0.39, 0.29) is 24.7 Å². The smallest absolute Gasteiger partial charge is 0.323 e. The van der Waals surface area contributed by atoms with Crippen molar-refractivity contribution in [2.45, 2.75) is 6.42 Å². The molecule has 0 aliphatic heterocycles. The number of aromatic amines is 1. The fourth-order valence-corrected chi connectivity index (χ4v) is 1.89. The van der Waals surface area contributed by atoms with Crippen molar-refractivity contribution in [2.24, 2.45) is 0 Å². The molecule has 0 saturated carbocycles. The van der Waals surface area contributed by atoms with E-state index in [1.807, 2.05) is 0 Å². The standard InChI is InChI=1S/C13H13FN2O3/c1-16(7-13(18)19)12(17)4-8-6-15-11-3-2-9(14)5-10(8)11/h2-3,5-6,15H,4,7H2,1H3,(H,18,19). The zero-order valence-electron chi connectivity index (χ0n) is 10.3. The van der Waals surface area contributed by atoms with Crippen molar-refractivity contribution in [3.63, 3.8) is 0 Å². The van der Waals surface area contributed by atoms with Crippen LogP contribution in [-0.4, -0.2) is 40.5 Å². The molecule has 6 heteroatoms. The fraction of sp³-hybridized carbons (Fsp3) is 0.231. The molecule has 2 rings (SSSR count). The Morgan fingerprint density at radius 1 is 1.42 bits per heavy atom. The van der Waals surface area contributed by atoms with Crippen LogP contribution in [0.5, 0.6) is 0 Å². The Labute approximate surface area is 108 Å². The van der Waals surface area contributed by atoms with Gasteiger partial charge in [-0.1, -0.05) is 0 Å². The highest BCUT2D eigenvalue weighted by Crippen LogP contribution is 2.20. The topological polar surface area (TPSA) is 73.4 Å². The Morgan fingerprint density at radius 2 is 2.16 bits per heavy atom. The molecule has 0 radical (unpaired) electrons. The van der Waals surface area contributed by atoms with Gasteiger partial charge in [-0.3, -0.25) is 9.59 Å². The zero-order valence-corrected chi connectivity index (χ0v) is 10.3. The molecule has 1 aromatic carbocycles. The maximum atomic E-state index is 13.2. The van der Waals surface area contributed by atoms with Crippen LogP contribution in [0.1, 0.15) is 5.56 Å². The number of carbonyl (C=O) groups excluding carboxylic acids is 1. The van der Waals surface area contributed by atoms with E-state index in [0.717, 1.165) is 10.4 Å². The van der Waals surface area contributed by atoms with Crippen LogP contribution in [0, 0.1) is 5.82 Å². The SMILES string of the molecule is CN(CC(=O)O)C(=O)Cc1c[nH]c2ccc(F)cc12. The highest BCUT2D eigenvalue weighted by Gasteiger charge is 2.15. The van der Waals surface area contributed by atoms with Crippen LogP contribution in [0.15, 0.2) is 24.4 Å². The third-order valence-corrected chi connectivity index (χ3v) is 2.87. The predicted octanol–water partition coefficient (Wildman–Crippen LogP) is 1.39. The highest BCUT2D eigenvalue weighted by molar-refractivity contribution is 5.89. The molecular weight excluding hydrogens is 251 g/mol. The van der Waals surface area contributed by atoms with E-state index >= 15 is 0 Å². The molecule has 0 fully saturated rings. The van der Waals surface area contributed by atoms with Crippen LogP contribution in [0.25, 0.3) is 10.9 Å². The summed E-state index contributed by atoms with van der Waals surface area (Å²) in [6.07, 6.45) is 1.67. The molecule has 0 bridgehead atoms. The Bertz CT molecular complexity index is 636. The lowest BCUT2D eigenvalue weighted by Crippen LogP contribution is -2.33. The van der Waals surface area contributed by atoms with E-state index < -0.39 is 5.97 Å². The first-order valence-electron chi connectivity index (χ1n) is 5.68. The molecule has 1 amide bonds. The normalized spacial score (nSPS) is 10.6. The number of hydrogen-bond acceptors (Lipinski definition) is 2. The number of halogens is 1. The Morgan fingerprint density at radius 3 is 2.84 bits per heavy atom. The summed E-state index contributed by atoms with van der Waals surface area (Å²) in [5, 5.41) is 9.25. The molecule has 1 heterocycles. The average molecular weight is 264 g/mol. The third-order valence-electron chi connectivity index (χ3n) is 2.87. The average Bonchev–Trinajstić information content (AvgIpc) is 2.71. The van der Waals surface area contributed by atoms with E-state index in [4.69, 9.17) is 5.11 Å². The maximum absolute atomic E-state index is 13.2. The van der Waals surface area contributed by atoms with Gasteiger partial charge in [-0.2, -0.15) is 0 Å². The summed E-state index contributed by atoms with van der Waals surface area (Å²) < 4.78 is 13.2. The summed E-state index contributed by atoms with van der Waals surface area (Å²) >= 11 is 0. The first-order chi connectivity index (χ1) is 8.97. The van der Waals surface area contributed by atoms with E-state index in [1.54, 1.807) is 12.3 Å². The summed E-state index contributed by atoms with van der Waals surface area (Å²) in [7, 11) is 1.42. The Balaban J connectivity index is 2.19. The minimum Gasteiger partial charge on any atom is -0.480 e.